The summed E-state index contributed by atoms with van der Waals surface area (Å²) in [7, 11) is 0. The number of hydrogen-bond acceptors (Lipinski definition) is 3. The molecule has 1 saturated heterocycles. The molecule has 2 amide bonds. The van der Waals surface area contributed by atoms with Crippen LogP contribution in [0, 0.1) is 5.92 Å². The van der Waals surface area contributed by atoms with E-state index in [1.54, 1.807) is 0 Å². The fraction of sp³-hybridized carbons (Fsp3) is 0.846. The normalized spacial score (nSPS) is 33.4. The SMILES string of the molecule is NC1CCCC(C(=O)NC2CCCCNC2=O)C1. The van der Waals surface area contributed by atoms with Crippen molar-refractivity contribution in [3.63, 3.8) is 0 Å². The quantitative estimate of drug-likeness (QED) is 0.661. The molecule has 2 aliphatic rings. The lowest BCUT2D eigenvalue weighted by Crippen LogP contribution is -2.48. The summed E-state index contributed by atoms with van der Waals surface area (Å²) in [6, 6.07) is -0.212. The summed E-state index contributed by atoms with van der Waals surface area (Å²) < 4.78 is 0. The third-order valence-corrected chi connectivity index (χ3v) is 3.94. The van der Waals surface area contributed by atoms with E-state index < -0.39 is 0 Å². The lowest BCUT2D eigenvalue weighted by Gasteiger charge is -2.27. The predicted octanol–water partition coefficient (Wildman–Crippen LogP) is 0.289. The molecule has 4 N–H and O–H groups in total. The molecule has 1 saturated carbocycles. The van der Waals surface area contributed by atoms with Gasteiger partial charge in [-0.3, -0.25) is 9.59 Å². The van der Waals surface area contributed by atoms with Gasteiger partial charge in [0.2, 0.25) is 11.8 Å². The van der Waals surface area contributed by atoms with E-state index in [0.717, 1.165) is 51.5 Å². The topological polar surface area (TPSA) is 84.2 Å². The lowest BCUT2D eigenvalue weighted by atomic mass is 9.85. The molecule has 1 heterocycles. The summed E-state index contributed by atoms with van der Waals surface area (Å²) >= 11 is 0. The summed E-state index contributed by atoms with van der Waals surface area (Å²) in [5.74, 6) is -0.0436. The maximum atomic E-state index is 12.1. The molecule has 0 bridgehead atoms. The second-order valence-corrected chi connectivity index (χ2v) is 5.47. The van der Waals surface area contributed by atoms with Crippen LogP contribution in [0.1, 0.15) is 44.9 Å². The lowest BCUT2D eigenvalue weighted by molar-refractivity contribution is -0.131. The van der Waals surface area contributed by atoms with Crippen molar-refractivity contribution in [2.75, 3.05) is 6.54 Å². The molecule has 5 nitrogen and oxygen atoms in total. The highest BCUT2D eigenvalue weighted by molar-refractivity contribution is 5.88. The smallest absolute Gasteiger partial charge is 0.242 e. The Bertz CT molecular complexity index is 319. The Kier molecular flexibility index (Phi) is 4.58. The van der Waals surface area contributed by atoms with E-state index in [0.29, 0.717) is 0 Å². The number of amides is 2. The second kappa shape index (κ2) is 6.18. The van der Waals surface area contributed by atoms with Crippen LogP contribution < -0.4 is 16.4 Å². The van der Waals surface area contributed by atoms with E-state index in [4.69, 9.17) is 5.73 Å². The Labute approximate surface area is 108 Å². The molecule has 102 valence electrons. The maximum absolute atomic E-state index is 12.1. The molecule has 5 heteroatoms. The molecule has 18 heavy (non-hydrogen) atoms. The van der Waals surface area contributed by atoms with Gasteiger partial charge in [0.25, 0.3) is 0 Å². The molecule has 2 fully saturated rings. The maximum Gasteiger partial charge on any atom is 0.242 e. The van der Waals surface area contributed by atoms with Gasteiger partial charge in [-0.05, 0) is 38.5 Å². The van der Waals surface area contributed by atoms with Crippen molar-refractivity contribution in [1.29, 1.82) is 0 Å². The highest BCUT2D eigenvalue weighted by Gasteiger charge is 2.29. The van der Waals surface area contributed by atoms with Gasteiger partial charge < -0.3 is 16.4 Å². The molecule has 3 atom stereocenters. The van der Waals surface area contributed by atoms with Gasteiger partial charge in [-0.1, -0.05) is 6.42 Å². The van der Waals surface area contributed by atoms with Crippen molar-refractivity contribution in [2.24, 2.45) is 11.7 Å². The average Bonchev–Trinajstić information content (AvgIpc) is 2.55. The van der Waals surface area contributed by atoms with Crippen molar-refractivity contribution >= 4 is 11.8 Å². The summed E-state index contributed by atoms with van der Waals surface area (Å²) in [4.78, 5) is 23.9. The van der Waals surface area contributed by atoms with Gasteiger partial charge in [-0.25, -0.2) is 0 Å². The third kappa shape index (κ3) is 3.45. The van der Waals surface area contributed by atoms with Crippen LogP contribution in [-0.2, 0) is 9.59 Å². The first-order chi connectivity index (χ1) is 8.66. The summed E-state index contributed by atoms with van der Waals surface area (Å²) in [5, 5.41) is 5.73. The van der Waals surface area contributed by atoms with Crippen LogP contribution in [0.2, 0.25) is 0 Å². The molecule has 3 unspecified atom stereocenters. The molecular weight excluding hydrogens is 230 g/mol. The van der Waals surface area contributed by atoms with E-state index in [-0.39, 0.29) is 29.8 Å². The van der Waals surface area contributed by atoms with E-state index in [2.05, 4.69) is 10.6 Å². The highest BCUT2D eigenvalue weighted by Crippen LogP contribution is 2.23. The van der Waals surface area contributed by atoms with Crippen LogP contribution >= 0.6 is 0 Å². The minimum Gasteiger partial charge on any atom is -0.354 e. The van der Waals surface area contributed by atoms with Gasteiger partial charge in [0.1, 0.15) is 6.04 Å². The van der Waals surface area contributed by atoms with Crippen LogP contribution in [-0.4, -0.2) is 30.4 Å². The largest absolute Gasteiger partial charge is 0.354 e. The Morgan fingerprint density at radius 2 is 2.06 bits per heavy atom. The molecular formula is C13H23N3O2. The summed E-state index contributed by atoms with van der Waals surface area (Å²) in [6.07, 6.45) is 6.38. The highest BCUT2D eigenvalue weighted by atomic mass is 16.2. The molecule has 1 aliphatic heterocycles. The van der Waals surface area contributed by atoms with E-state index >= 15 is 0 Å². The van der Waals surface area contributed by atoms with Gasteiger partial charge in [0.15, 0.2) is 0 Å². The fourth-order valence-corrected chi connectivity index (χ4v) is 2.83. The van der Waals surface area contributed by atoms with E-state index in [1.807, 2.05) is 0 Å². The van der Waals surface area contributed by atoms with E-state index in [1.165, 1.54) is 0 Å². The molecule has 0 aromatic rings. The number of nitrogens with two attached hydrogens (primary N) is 1. The number of hydrogen-bond donors (Lipinski definition) is 3. The number of carbonyl (C=O) groups excluding carboxylic acids is 2. The van der Waals surface area contributed by atoms with Crippen LogP contribution in [0.5, 0.6) is 0 Å². The Balaban J connectivity index is 1.87. The van der Waals surface area contributed by atoms with Gasteiger partial charge in [-0.15, -0.1) is 0 Å². The molecule has 0 spiro atoms. The Morgan fingerprint density at radius 1 is 1.22 bits per heavy atom. The predicted molar refractivity (Wildman–Crippen MR) is 68.7 cm³/mol. The molecule has 2 rings (SSSR count). The molecule has 0 radical (unpaired) electrons. The minimum atomic E-state index is -0.349. The zero-order valence-electron chi connectivity index (χ0n) is 10.8. The number of carbonyl (C=O) groups is 2. The summed E-state index contributed by atoms with van der Waals surface area (Å²) in [6.45, 7) is 0.722. The van der Waals surface area contributed by atoms with Gasteiger partial charge in [-0.2, -0.15) is 0 Å². The standard InChI is InChI=1S/C13H23N3O2/c14-10-5-3-4-9(8-10)12(17)16-11-6-1-2-7-15-13(11)18/h9-11H,1-8,14H2,(H,15,18)(H,16,17). The molecule has 0 aromatic heterocycles. The molecule has 0 aromatic carbocycles. The van der Waals surface area contributed by atoms with Gasteiger partial charge in [0, 0.05) is 18.5 Å². The van der Waals surface area contributed by atoms with Crippen LogP contribution in [0.3, 0.4) is 0 Å². The first-order valence-electron chi connectivity index (χ1n) is 7.00. The fourth-order valence-electron chi connectivity index (χ4n) is 2.83. The second-order valence-electron chi connectivity index (χ2n) is 5.47. The van der Waals surface area contributed by atoms with Crippen molar-refractivity contribution in [1.82, 2.24) is 10.6 Å². The monoisotopic (exact) mass is 253 g/mol. The van der Waals surface area contributed by atoms with Crippen molar-refractivity contribution in [3.8, 4) is 0 Å². The van der Waals surface area contributed by atoms with Crippen LogP contribution in [0.4, 0.5) is 0 Å². The first kappa shape index (κ1) is 13.3. The van der Waals surface area contributed by atoms with Crippen LogP contribution in [0.25, 0.3) is 0 Å². The first-order valence-corrected chi connectivity index (χ1v) is 7.00. The minimum absolute atomic E-state index is 0.00667. The Hall–Kier alpha value is -1.10. The number of nitrogens with one attached hydrogen (secondary N) is 2. The average molecular weight is 253 g/mol. The third-order valence-electron chi connectivity index (χ3n) is 3.94. The number of rotatable bonds is 2. The van der Waals surface area contributed by atoms with Crippen molar-refractivity contribution < 1.29 is 9.59 Å². The van der Waals surface area contributed by atoms with Crippen LogP contribution in [0.15, 0.2) is 0 Å². The zero-order valence-corrected chi connectivity index (χ0v) is 10.8. The van der Waals surface area contributed by atoms with Crippen molar-refractivity contribution in [3.05, 3.63) is 0 Å². The van der Waals surface area contributed by atoms with Gasteiger partial charge >= 0.3 is 0 Å². The van der Waals surface area contributed by atoms with E-state index in [9.17, 15) is 9.59 Å². The molecule has 1 aliphatic carbocycles. The van der Waals surface area contributed by atoms with Gasteiger partial charge in [0.05, 0.1) is 0 Å². The Morgan fingerprint density at radius 3 is 2.83 bits per heavy atom. The van der Waals surface area contributed by atoms with Crippen molar-refractivity contribution in [2.45, 2.75) is 57.0 Å². The summed E-state index contributed by atoms with van der Waals surface area (Å²) in [5.41, 5.74) is 5.89. The zero-order chi connectivity index (χ0) is 13.0.